The molecule has 0 bridgehead atoms. The van der Waals surface area contributed by atoms with Gasteiger partial charge in [0, 0.05) is 4.90 Å². The number of hydrogen-bond donors (Lipinski definition) is 2. The van der Waals surface area contributed by atoms with Gasteiger partial charge in [-0.15, -0.1) is 11.8 Å². The minimum absolute atomic E-state index is 0.197. The van der Waals surface area contributed by atoms with E-state index < -0.39 is 0 Å². The molecule has 0 aliphatic heterocycles. The van der Waals surface area contributed by atoms with Gasteiger partial charge in [-0.3, -0.25) is 20.4 Å². The molecule has 1 aliphatic rings. The maximum atomic E-state index is 11.9. The van der Waals surface area contributed by atoms with Gasteiger partial charge in [-0.2, -0.15) is 0 Å². The molecule has 2 N–H and O–H groups in total. The van der Waals surface area contributed by atoms with Crippen LogP contribution in [0.4, 0.5) is 0 Å². The van der Waals surface area contributed by atoms with Gasteiger partial charge < -0.3 is 4.74 Å². The number of benzene rings is 2. The molecule has 6 heteroatoms. The number of ether oxygens (including phenoxy) is 1. The van der Waals surface area contributed by atoms with Crippen LogP contribution < -0.4 is 15.6 Å². The van der Waals surface area contributed by atoms with E-state index in [1.807, 2.05) is 12.1 Å². The van der Waals surface area contributed by atoms with Crippen LogP contribution in [0.15, 0.2) is 47.4 Å². The molecule has 2 amide bonds. The smallest absolute Gasteiger partial charge is 0.248 e. The zero-order valence-corrected chi connectivity index (χ0v) is 15.5. The number of aryl methyl sites for hydroxylation is 2. The van der Waals surface area contributed by atoms with Gasteiger partial charge in [-0.25, -0.2) is 0 Å². The molecule has 1 aliphatic carbocycles. The predicted octanol–water partition coefficient (Wildman–Crippen LogP) is 2.67. The zero-order chi connectivity index (χ0) is 18.4. The second-order valence-corrected chi connectivity index (χ2v) is 7.24. The monoisotopic (exact) mass is 370 g/mol. The van der Waals surface area contributed by atoms with E-state index in [4.69, 9.17) is 4.74 Å². The maximum Gasteiger partial charge on any atom is 0.248 e. The van der Waals surface area contributed by atoms with E-state index in [2.05, 4.69) is 29.1 Å². The van der Waals surface area contributed by atoms with Crippen molar-refractivity contribution in [2.75, 3.05) is 12.9 Å². The molecule has 5 nitrogen and oxygen atoms in total. The molecule has 0 radical (unpaired) electrons. The van der Waals surface area contributed by atoms with Crippen molar-refractivity contribution >= 4 is 23.6 Å². The maximum absolute atomic E-state index is 11.9. The number of amides is 2. The van der Waals surface area contributed by atoms with Crippen molar-refractivity contribution in [2.45, 2.75) is 30.6 Å². The lowest BCUT2D eigenvalue weighted by Crippen LogP contribution is -2.43. The van der Waals surface area contributed by atoms with E-state index in [0.29, 0.717) is 0 Å². The van der Waals surface area contributed by atoms with Crippen molar-refractivity contribution in [1.29, 1.82) is 0 Å². The van der Waals surface area contributed by atoms with E-state index in [0.717, 1.165) is 29.1 Å². The van der Waals surface area contributed by atoms with Gasteiger partial charge in [-0.05, 0) is 60.2 Å². The van der Waals surface area contributed by atoms with Crippen molar-refractivity contribution in [3.05, 3.63) is 59.2 Å². The molecule has 0 saturated heterocycles. The summed E-state index contributed by atoms with van der Waals surface area (Å²) in [6.45, 7) is 0. The highest BCUT2D eigenvalue weighted by Gasteiger charge is 2.12. The molecule has 0 heterocycles. The van der Waals surface area contributed by atoms with Crippen molar-refractivity contribution in [2.24, 2.45) is 0 Å². The zero-order valence-electron chi connectivity index (χ0n) is 14.7. The van der Waals surface area contributed by atoms with Gasteiger partial charge in [0.15, 0.2) is 0 Å². The number of thioether (sulfide) groups is 1. The van der Waals surface area contributed by atoms with Crippen molar-refractivity contribution < 1.29 is 14.3 Å². The first kappa shape index (κ1) is 18.3. The lowest BCUT2D eigenvalue weighted by Gasteiger charge is -2.08. The number of methoxy groups -OCH3 is 1. The van der Waals surface area contributed by atoms with E-state index in [9.17, 15) is 9.59 Å². The second kappa shape index (κ2) is 8.76. The summed E-state index contributed by atoms with van der Waals surface area (Å²) >= 11 is 1.48. The molecule has 0 spiro atoms. The normalized spacial score (nSPS) is 12.3. The Hall–Kier alpha value is -2.47. The number of fused-ring (bicyclic) bond motifs is 1. The summed E-state index contributed by atoms with van der Waals surface area (Å²) in [5.74, 6) is 0.525. The first-order valence-corrected chi connectivity index (χ1v) is 9.58. The third kappa shape index (κ3) is 5.02. The molecule has 0 aromatic heterocycles. The van der Waals surface area contributed by atoms with Crippen LogP contribution in [0.2, 0.25) is 0 Å². The number of hydrazine groups is 1. The Morgan fingerprint density at radius 3 is 2.50 bits per heavy atom. The Labute approximate surface area is 157 Å². The van der Waals surface area contributed by atoms with Gasteiger partial charge in [0.25, 0.3) is 0 Å². The fraction of sp³-hybridized carbons (Fsp3) is 0.300. The van der Waals surface area contributed by atoms with Crippen molar-refractivity contribution in [1.82, 2.24) is 10.9 Å². The molecule has 0 fully saturated rings. The summed E-state index contributed by atoms with van der Waals surface area (Å²) in [4.78, 5) is 24.9. The van der Waals surface area contributed by atoms with Crippen LogP contribution >= 0.6 is 11.8 Å². The fourth-order valence-electron chi connectivity index (χ4n) is 2.94. The molecule has 0 unspecified atom stereocenters. The third-order valence-electron chi connectivity index (χ3n) is 4.30. The SMILES string of the molecule is COc1ccc(CC(=O)NNC(=O)CSc2ccc3c(c2)CCC3)cc1. The molecule has 26 heavy (non-hydrogen) atoms. The number of rotatable bonds is 6. The quantitative estimate of drug-likeness (QED) is 0.606. The molecule has 0 saturated carbocycles. The second-order valence-electron chi connectivity index (χ2n) is 6.19. The Morgan fingerprint density at radius 2 is 1.73 bits per heavy atom. The highest BCUT2D eigenvalue weighted by molar-refractivity contribution is 8.00. The van der Waals surface area contributed by atoms with Gasteiger partial charge in [0.2, 0.25) is 11.8 Å². The molecular weight excluding hydrogens is 348 g/mol. The van der Waals surface area contributed by atoms with Crippen LogP contribution in [0.3, 0.4) is 0 Å². The summed E-state index contributed by atoms with van der Waals surface area (Å²) in [6, 6.07) is 13.6. The highest BCUT2D eigenvalue weighted by atomic mass is 32.2. The Kier molecular flexibility index (Phi) is 6.17. The summed E-state index contributed by atoms with van der Waals surface area (Å²) in [7, 11) is 1.60. The lowest BCUT2D eigenvalue weighted by molar-refractivity contribution is -0.127. The lowest BCUT2D eigenvalue weighted by atomic mass is 10.1. The Morgan fingerprint density at radius 1 is 1.00 bits per heavy atom. The number of carbonyl (C=O) groups is 2. The number of hydrogen-bond acceptors (Lipinski definition) is 4. The summed E-state index contributed by atoms with van der Waals surface area (Å²) in [5.41, 5.74) is 8.58. The van der Waals surface area contributed by atoms with Gasteiger partial charge >= 0.3 is 0 Å². The number of carbonyl (C=O) groups excluding carboxylic acids is 2. The van der Waals surface area contributed by atoms with Crippen LogP contribution in [-0.2, 0) is 28.9 Å². The summed E-state index contributed by atoms with van der Waals surface area (Å²) in [5, 5.41) is 0. The first-order chi connectivity index (χ1) is 12.6. The fourth-order valence-corrected chi connectivity index (χ4v) is 3.70. The van der Waals surface area contributed by atoms with Gasteiger partial charge in [0.05, 0.1) is 19.3 Å². The average molecular weight is 370 g/mol. The van der Waals surface area contributed by atoms with Crippen molar-refractivity contribution in [3.8, 4) is 5.75 Å². The topological polar surface area (TPSA) is 67.4 Å². The molecule has 2 aromatic carbocycles. The van der Waals surface area contributed by atoms with Crippen LogP contribution in [-0.4, -0.2) is 24.7 Å². The van der Waals surface area contributed by atoms with E-state index >= 15 is 0 Å². The molecule has 2 aromatic rings. The predicted molar refractivity (Wildman–Crippen MR) is 102 cm³/mol. The summed E-state index contributed by atoms with van der Waals surface area (Å²) < 4.78 is 5.08. The standard InChI is InChI=1S/C20H22N2O3S/c1-25-17-8-5-14(6-9-17)11-19(23)21-22-20(24)13-26-18-10-7-15-3-2-4-16(15)12-18/h5-10,12H,2-4,11,13H2,1H3,(H,21,23)(H,22,24). The molecule has 136 valence electrons. The molecular formula is C20H22N2O3S. The van der Waals surface area contributed by atoms with Gasteiger partial charge in [-0.1, -0.05) is 18.2 Å². The number of nitrogens with one attached hydrogen (secondary N) is 2. The minimum atomic E-state index is -0.258. The highest BCUT2D eigenvalue weighted by Crippen LogP contribution is 2.27. The van der Waals surface area contributed by atoms with Gasteiger partial charge in [0.1, 0.15) is 5.75 Å². The largest absolute Gasteiger partial charge is 0.497 e. The Bertz CT molecular complexity index is 790. The van der Waals surface area contributed by atoms with E-state index in [1.54, 1.807) is 19.2 Å². The first-order valence-electron chi connectivity index (χ1n) is 8.59. The molecule has 0 atom stereocenters. The third-order valence-corrected chi connectivity index (χ3v) is 5.30. The van der Waals surface area contributed by atoms with Crippen LogP contribution in [0.25, 0.3) is 0 Å². The van der Waals surface area contributed by atoms with E-state index in [1.165, 1.54) is 29.3 Å². The summed E-state index contributed by atoms with van der Waals surface area (Å²) in [6.07, 6.45) is 3.69. The minimum Gasteiger partial charge on any atom is -0.497 e. The van der Waals surface area contributed by atoms with Crippen molar-refractivity contribution in [3.63, 3.8) is 0 Å². The van der Waals surface area contributed by atoms with Crippen LogP contribution in [0, 0.1) is 0 Å². The Balaban J connectivity index is 1.39. The molecule has 3 rings (SSSR count). The van der Waals surface area contributed by atoms with Crippen LogP contribution in [0.5, 0.6) is 5.75 Å². The van der Waals surface area contributed by atoms with Crippen LogP contribution in [0.1, 0.15) is 23.1 Å². The van der Waals surface area contributed by atoms with E-state index in [-0.39, 0.29) is 24.0 Å². The average Bonchev–Trinajstić information content (AvgIpc) is 3.13.